The van der Waals surface area contributed by atoms with E-state index in [1.807, 2.05) is 17.0 Å². The largest absolute Gasteiger partial charge is 0.334 e. The molecule has 3 aromatic heterocycles. The van der Waals surface area contributed by atoms with Gasteiger partial charge in [-0.3, -0.25) is 14.9 Å². The molecule has 2 N–H and O–H groups in total. The monoisotopic (exact) mass is 582 g/mol. The van der Waals surface area contributed by atoms with Crippen LogP contribution in [0.15, 0.2) is 42.4 Å². The van der Waals surface area contributed by atoms with Gasteiger partial charge in [0.05, 0.1) is 30.5 Å². The van der Waals surface area contributed by atoms with Crippen LogP contribution < -0.4 is 10.6 Å². The SMILES string of the molecule is Cl.O=C(Nc1nccs1)C(c1ncn2c1CCC2)N1Cc2c(F)cc(-n3cc(C4CCNCC4)cn3)cc2C1=O. The number of anilines is 1. The summed E-state index contributed by atoms with van der Waals surface area (Å²) in [6, 6.07) is 2.07. The van der Waals surface area contributed by atoms with Crippen LogP contribution in [-0.4, -0.2) is 54.1 Å². The van der Waals surface area contributed by atoms with Crippen molar-refractivity contribution in [1.29, 1.82) is 0 Å². The van der Waals surface area contributed by atoms with Gasteiger partial charge < -0.3 is 14.8 Å². The number of piperidine rings is 1. The molecule has 0 aliphatic carbocycles. The smallest absolute Gasteiger partial charge is 0.255 e. The molecule has 0 saturated carbocycles. The van der Waals surface area contributed by atoms with Crippen LogP contribution in [0.4, 0.5) is 9.52 Å². The van der Waals surface area contributed by atoms with Crippen molar-refractivity contribution in [2.75, 3.05) is 18.4 Å². The molecule has 0 radical (unpaired) electrons. The van der Waals surface area contributed by atoms with Gasteiger partial charge in [-0.25, -0.2) is 19.0 Å². The molecule has 1 aromatic carbocycles. The summed E-state index contributed by atoms with van der Waals surface area (Å²) in [4.78, 5) is 37.6. The number of amides is 2. The summed E-state index contributed by atoms with van der Waals surface area (Å²) in [7, 11) is 0. The number of hydrogen-bond acceptors (Lipinski definition) is 7. The minimum atomic E-state index is -1.01. The van der Waals surface area contributed by atoms with Crippen LogP contribution in [0.25, 0.3) is 5.69 Å². The van der Waals surface area contributed by atoms with Gasteiger partial charge >= 0.3 is 0 Å². The van der Waals surface area contributed by atoms with Crippen molar-refractivity contribution in [3.05, 3.63) is 76.3 Å². The van der Waals surface area contributed by atoms with Crippen LogP contribution in [0.2, 0.25) is 0 Å². The number of thiazole rings is 1. The third-order valence-electron chi connectivity index (χ3n) is 7.95. The quantitative estimate of drug-likeness (QED) is 0.358. The zero-order valence-electron chi connectivity index (χ0n) is 21.5. The number of halogens is 2. The van der Waals surface area contributed by atoms with E-state index in [1.165, 1.54) is 22.3 Å². The molecule has 0 bridgehead atoms. The normalized spacial score (nSPS) is 17.4. The summed E-state index contributed by atoms with van der Waals surface area (Å²) < 4.78 is 19.2. The first-order chi connectivity index (χ1) is 19.1. The van der Waals surface area contributed by atoms with E-state index in [4.69, 9.17) is 0 Å². The fourth-order valence-corrected chi connectivity index (χ4v) is 6.49. The third-order valence-corrected chi connectivity index (χ3v) is 8.64. The van der Waals surface area contributed by atoms with Crippen molar-refractivity contribution in [2.45, 2.75) is 50.7 Å². The molecule has 13 heteroatoms. The van der Waals surface area contributed by atoms with Crippen LogP contribution in [0.3, 0.4) is 0 Å². The molecule has 1 unspecified atom stereocenters. The van der Waals surface area contributed by atoms with Crippen molar-refractivity contribution in [3.63, 3.8) is 0 Å². The average molecular weight is 583 g/mol. The second-order valence-corrected chi connectivity index (χ2v) is 11.1. The summed E-state index contributed by atoms with van der Waals surface area (Å²) in [6.45, 7) is 2.72. The number of fused-ring (bicyclic) bond motifs is 2. The number of nitrogens with zero attached hydrogens (tertiary/aromatic N) is 6. The molecule has 208 valence electrons. The summed E-state index contributed by atoms with van der Waals surface area (Å²) in [5.74, 6) is -0.911. The van der Waals surface area contributed by atoms with Crippen LogP contribution in [0.1, 0.15) is 64.1 Å². The maximum Gasteiger partial charge on any atom is 0.255 e. The highest BCUT2D eigenvalue weighted by Gasteiger charge is 2.42. The van der Waals surface area contributed by atoms with E-state index in [0.29, 0.717) is 22.4 Å². The van der Waals surface area contributed by atoms with Gasteiger partial charge in [-0.2, -0.15) is 5.10 Å². The molecule has 1 saturated heterocycles. The Morgan fingerprint density at radius 2 is 2.08 bits per heavy atom. The number of carbonyl (C=O) groups is 2. The lowest BCUT2D eigenvalue weighted by molar-refractivity contribution is -0.121. The van der Waals surface area contributed by atoms with Gasteiger partial charge in [-0.05, 0) is 62.4 Å². The molecule has 2 amide bonds. The van der Waals surface area contributed by atoms with E-state index in [1.54, 1.807) is 28.7 Å². The number of hydrogen-bond donors (Lipinski definition) is 2. The molecule has 3 aliphatic rings. The second-order valence-electron chi connectivity index (χ2n) is 10.2. The van der Waals surface area contributed by atoms with E-state index >= 15 is 4.39 Å². The van der Waals surface area contributed by atoms with Crippen molar-refractivity contribution in [1.82, 2.24) is 34.5 Å². The van der Waals surface area contributed by atoms with Crippen molar-refractivity contribution >= 4 is 40.7 Å². The summed E-state index contributed by atoms with van der Waals surface area (Å²) in [5.41, 5.74) is 3.57. The van der Waals surface area contributed by atoms with Crippen LogP contribution in [0, 0.1) is 5.82 Å². The van der Waals surface area contributed by atoms with Gasteiger partial charge in [0.1, 0.15) is 5.82 Å². The minimum absolute atomic E-state index is 0. The van der Waals surface area contributed by atoms with Gasteiger partial charge in [-0.15, -0.1) is 23.7 Å². The van der Waals surface area contributed by atoms with E-state index < -0.39 is 23.7 Å². The Bertz CT molecular complexity index is 1560. The Kier molecular flexibility index (Phi) is 7.15. The average Bonchev–Trinajstić information content (AvgIpc) is 3.77. The third kappa shape index (κ3) is 4.59. The van der Waals surface area contributed by atoms with Crippen molar-refractivity contribution in [3.8, 4) is 5.69 Å². The standard InChI is InChI=1S/C27H27FN8O2S.ClH/c28-21-11-18(36-13-17(12-32-36)16-3-5-29-6-4-16)10-19-20(21)14-35(26(19)38)24(25(37)33-27-30-7-9-39-27)23-22-2-1-8-34(22)15-31-23;/h7,9-13,15-16,24,29H,1-6,8,14H2,(H,30,33,37);1H. The first-order valence-electron chi connectivity index (χ1n) is 13.2. The van der Waals surface area contributed by atoms with Crippen LogP contribution in [0.5, 0.6) is 0 Å². The maximum atomic E-state index is 15.5. The summed E-state index contributed by atoms with van der Waals surface area (Å²) in [5, 5.41) is 12.9. The van der Waals surface area contributed by atoms with Gasteiger partial charge in [0, 0.05) is 41.1 Å². The zero-order valence-corrected chi connectivity index (χ0v) is 23.2. The second kappa shape index (κ2) is 10.8. The molecule has 0 spiro atoms. The molecule has 3 aliphatic heterocycles. The highest BCUT2D eigenvalue weighted by atomic mass is 35.5. The number of carbonyl (C=O) groups excluding carboxylic acids is 2. The molecule has 1 fully saturated rings. The van der Waals surface area contributed by atoms with Gasteiger partial charge in [0.2, 0.25) is 0 Å². The van der Waals surface area contributed by atoms with E-state index in [-0.39, 0.29) is 30.1 Å². The maximum absolute atomic E-state index is 15.5. The van der Waals surface area contributed by atoms with Gasteiger partial charge in [-0.1, -0.05) is 0 Å². The lowest BCUT2D eigenvalue weighted by Crippen LogP contribution is -2.38. The Hall–Kier alpha value is -3.61. The van der Waals surface area contributed by atoms with E-state index in [2.05, 4.69) is 25.7 Å². The number of rotatable bonds is 6. The fraction of sp³-hybridized carbons (Fsp3) is 0.370. The Labute approximate surface area is 240 Å². The molecule has 10 nitrogen and oxygen atoms in total. The van der Waals surface area contributed by atoms with Gasteiger partial charge in [0.25, 0.3) is 11.8 Å². The molecule has 1 atom stereocenters. The number of benzene rings is 1. The number of imidazole rings is 1. The lowest BCUT2D eigenvalue weighted by atomic mass is 9.93. The molecular weight excluding hydrogens is 555 g/mol. The van der Waals surface area contributed by atoms with E-state index in [9.17, 15) is 9.59 Å². The van der Waals surface area contributed by atoms with Crippen LogP contribution in [-0.2, 0) is 24.3 Å². The number of aryl methyl sites for hydroxylation is 1. The summed E-state index contributed by atoms with van der Waals surface area (Å²) in [6.07, 6.45) is 10.8. The first-order valence-corrected chi connectivity index (χ1v) is 14.1. The van der Waals surface area contributed by atoms with Crippen molar-refractivity contribution in [2.24, 2.45) is 0 Å². The predicted octanol–water partition coefficient (Wildman–Crippen LogP) is 3.84. The molecular formula is C27H28ClFN8O2S. The molecule has 7 rings (SSSR count). The Morgan fingerprint density at radius 1 is 1.23 bits per heavy atom. The highest BCUT2D eigenvalue weighted by molar-refractivity contribution is 7.13. The molecule has 4 aromatic rings. The number of nitrogens with one attached hydrogen (secondary N) is 2. The lowest BCUT2D eigenvalue weighted by Gasteiger charge is -2.26. The summed E-state index contributed by atoms with van der Waals surface area (Å²) >= 11 is 1.29. The zero-order chi connectivity index (χ0) is 26.5. The minimum Gasteiger partial charge on any atom is -0.334 e. The Balaban J connectivity index is 0.00000289. The molecule has 6 heterocycles. The first kappa shape index (κ1) is 26.6. The topological polar surface area (TPSA) is 110 Å². The highest BCUT2D eigenvalue weighted by Crippen LogP contribution is 2.37. The van der Waals surface area contributed by atoms with Gasteiger partial charge in [0.15, 0.2) is 11.2 Å². The van der Waals surface area contributed by atoms with Crippen molar-refractivity contribution < 1.29 is 14.0 Å². The van der Waals surface area contributed by atoms with E-state index in [0.717, 1.165) is 56.6 Å². The van der Waals surface area contributed by atoms with Crippen LogP contribution >= 0.6 is 23.7 Å². The Morgan fingerprint density at radius 3 is 2.88 bits per heavy atom. The predicted molar refractivity (Wildman–Crippen MR) is 150 cm³/mol. The number of aromatic nitrogens is 5. The molecule has 40 heavy (non-hydrogen) atoms. The fourth-order valence-electron chi connectivity index (χ4n) is 5.96.